The molecule has 0 unspecified atom stereocenters. The van der Waals surface area contributed by atoms with Crippen LogP contribution in [0, 0.1) is 0 Å². The van der Waals surface area contributed by atoms with Crippen LogP contribution in [0.5, 0.6) is 0 Å². The summed E-state index contributed by atoms with van der Waals surface area (Å²) >= 11 is 1.79. The van der Waals surface area contributed by atoms with Gasteiger partial charge in [-0.3, -0.25) is 0 Å². The number of thiophene rings is 1. The van der Waals surface area contributed by atoms with Gasteiger partial charge in [0.25, 0.3) is 0 Å². The molecule has 0 aliphatic carbocycles. The number of benzene rings is 11. The van der Waals surface area contributed by atoms with E-state index in [0.717, 1.165) is 49.4 Å². The lowest BCUT2D eigenvalue weighted by Crippen LogP contribution is -2.01. The molecule has 0 saturated carbocycles. The highest BCUT2D eigenvalue weighted by molar-refractivity contribution is 7.26. The third kappa shape index (κ3) is 6.30. The molecule has 3 nitrogen and oxygen atoms in total. The van der Waals surface area contributed by atoms with Gasteiger partial charge in [-0.15, -0.1) is 11.3 Å². The van der Waals surface area contributed by atoms with E-state index in [9.17, 15) is 0 Å². The van der Waals surface area contributed by atoms with Crippen molar-refractivity contribution in [1.82, 2.24) is 15.0 Å². The Kier molecular flexibility index (Phi) is 8.71. The molecule has 302 valence electrons. The van der Waals surface area contributed by atoms with Crippen LogP contribution in [0.4, 0.5) is 0 Å². The van der Waals surface area contributed by atoms with Gasteiger partial charge < -0.3 is 0 Å². The highest BCUT2D eigenvalue weighted by Gasteiger charge is 2.20. The predicted octanol–water partition coefficient (Wildman–Crippen LogP) is 16.9. The van der Waals surface area contributed by atoms with E-state index in [2.05, 4.69) is 224 Å². The largest absolute Gasteiger partial charge is 0.208 e. The van der Waals surface area contributed by atoms with Gasteiger partial charge in [-0.1, -0.05) is 188 Å². The first-order valence-corrected chi connectivity index (χ1v) is 22.8. The Hall–Kier alpha value is -8.31. The first kappa shape index (κ1) is 37.3. The molecule has 13 rings (SSSR count). The first-order valence-electron chi connectivity index (χ1n) is 22.0. The summed E-state index contributed by atoms with van der Waals surface area (Å²) in [4.78, 5) is 16.3. The molecule has 2 aromatic heterocycles. The minimum Gasteiger partial charge on any atom is -0.208 e. The van der Waals surface area contributed by atoms with Gasteiger partial charge in [0.2, 0.25) is 0 Å². The average Bonchev–Trinajstić information content (AvgIpc) is 3.77. The van der Waals surface area contributed by atoms with E-state index in [1.54, 1.807) is 11.3 Å². The van der Waals surface area contributed by atoms with Crippen molar-refractivity contribution in [2.75, 3.05) is 0 Å². The van der Waals surface area contributed by atoms with Crippen molar-refractivity contribution in [2.24, 2.45) is 0 Å². The van der Waals surface area contributed by atoms with Gasteiger partial charge in [-0.2, -0.15) is 0 Å². The monoisotopic (exact) mass is 843 g/mol. The van der Waals surface area contributed by atoms with Crippen LogP contribution in [0.25, 0.3) is 131 Å². The van der Waals surface area contributed by atoms with Crippen molar-refractivity contribution < 1.29 is 0 Å². The molecular weight excluding hydrogens is 807 g/mol. The molecular formula is C61H37N3S. The second-order valence-corrected chi connectivity index (χ2v) is 17.7. The van der Waals surface area contributed by atoms with Crippen molar-refractivity contribution >= 4 is 74.6 Å². The molecule has 0 atom stereocenters. The molecule has 0 aliphatic heterocycles. The normalized spacial score (nSPS) is 11.7. The van der Waals surface area contributed by atoms with Crippen molar-refractivity contribution in [3.63, 3.8) is 0 Å². The summed E-state index contributed by atoms with van der Waals surface area (Å²) in [5, 5.41) is 11.8. The van der Waals surface area contributed by atoms with E-state index in [4.69, 9.17) is 15.0 Å². The number of rotatable bonds is 6. The van der Waals surface area contributed by atoms with Crippen molar-refractivity contribution in [1.29, 1.82) is 0 Å². The molecule has 0 bridgehead atoms. The minimum atomic E-state index is 0.636. The molecule has 4 heteroatoms. The van der Waals surface area contributed by atoms with Crippen LogP contribution < -0.4 is 0 Å². The molecule has 0 aliphatic rings. The van der Waals surface area contributed by atoms with Crippen molar-refractivity contribution in [3.05, 3.63) is 224 Å². The fourth-order valence-corrected chi connectivity index (χ4v) is 11.0. The van der Waals surface area contributed by atoms with Gasteiger partial charge in [0.1, 0.15) is 0 Å². The third-order valence-electron chi connectivity index (χ3n) is 12.9. The van der Waals surface area contributed by atoms with Gasteiger partial charge in [0.05, 0.1) is 0 Å². The molecule has 0 saturated heterocycles. The Morgan fingerprint density at radius 3 is 1.54 bits per heavy atom. The Bertz CT molecular complexity index is 4010. The lowest BCUT2D eigenvalue weighted by atomic mass is 9.91. The van der Waals surface area contributed by atoms with Crippen molar-refractivity contribution in [3.8, 4) is 67.5 Å². The SMILES string of the molecule is c1ccc(-c2cc(-c3ccc4cccc(-c5nc(-c6ccc(-c7cccc8ccccc78)c7ccccc67)nc(-c6cccc7c6sc6ccccc67)n5)c4c3)cc3ccccc23)cc1. The highest BCUT2D eigenvalue weighted by Crippen LogP contribution is 2.43. The molecule has 11 aromatic carbocycles. The standard InChI is InChI=1S/C61H37N3S/c1-2-15-39(16-3-1)55-37-43(35-42-18-5-7-22-45(42)55)41-32-31-40-20-13-28-52(56(40)36-41)59-62-60(64-61(63-59)54-29-14-27-51-50-25-10-11-30-57(50)65-58(51)54)53-34-33-49(47-23-8-9-24-48(47)53)46-26-12-19-38-17-4-6-21-44(38)46/h1-37H. The maximum absolute atomic E-state index is 5.45. The number of hydrogen-bond donors (Lipinski definition) is 0. The van der Waals surface area contributed by atoms with Crippen LogP contribution in [-0.4, -0.2) is 15.0 Å². The van der Waals surface area contributed by atoms with Gasteiger partial charge in [0, 0.05) is 36.9 Å². The predicted molar refractivity (Wildman–Crippen MR) is 275 cm³/mol. The fraction of sp³-hybridized carbons (Fsp3) is 0. The fourth-order valence-electron chi connectivity index (χ4n) is 9.83. The summed E-state index contributed by atoms with van der Waals surface area (Å²) in [7, 11) is 0. The molecule has 0 spiro atoms. The van der Waals surface area contributed by atoms with Gasteiger partial charge in [0.15, 0.2) is 17.5 Å². The summed E-state index contributed by atoms with van der Waals surface area (Å²) in [5.74, 6) is 1.93. The zero-order valence-electron chi connectivity index (χ0n) is 35.1. The maximum atomic E-state index is 5.45. The molecule has 0 N–H and O–H groups in total. The smallest absolute Gasteiger partial charge is 0.165 e. The molecule has 13 aromatic rings. The zero-order valence-corrected chi connectivity index (χ0v) is 35.9. The lowest BCUT2D eigenvalue weighted by Gasteiger charge is -2.15. The number of fused-ring (bicyclic) bond motifs is 7. The Morgan fingerprint density at radius 2 is 0.754 bits per heavy atom. The number of hydrogen-bond acceptors (Lipinski definition) is 4. The summed E-state index contributed by atoms with van der Waals surface area (Å²) < 4.78 is 2.41. The van der Waals surface area contributed by atoms with Crippen LogP contribution in [0.1, 0.15) is 0 Å². The summed E-state index contributed by atoms with van der Waals surface area (Å²) in [5.41, 5.74) is 10.00. The average molecular weight is 844 g/mol. The Morgan fingerprint density at radius 1 is 0.246 bits per heavy atom. The van der Waals surface area contributed by atoms with Crippen LogP contribution >= 0.6 is 11.3 Å². The summed E-state index contributed by atoms with van der Waals surface area (Å²) in [6.07, 6.45) is 0. The maximum Gasteiger partial charge on any atom is 0.165 e. The lowest BCUT2D eigenvalue weighted by molar-refractivity contribution is 1.08. The Labute approximate surface area is 379 Å². The van der Waals surface area contributed by atoms with Gasteiger partial charge in [-0.05, 0) is 113 Å². The minimum absolute atomic E-state index is 0.636. The third-order valence-corrected chi connectivity index (χ3v) is 14.1. The quantitative estimate of drug-likeness (QED) is 0.167. The van der Waals surface area contributed by atoms with E-state index in [1.165, 1.54) is 64.0 Å². The second kappa shape index (κ2) is 15.2. The number of aromatic nitrogens is 3. The van der Waals surface area contributed by atoms with E-state index in [1.807, 2.05) is 0 Å². The van der Waals surface area contributed by atoms with E-state index in [-0.39, 0.29) is 0 Å². The van der Waals surface area contributed by atoms with Crippen molar-refractivity contribution in [2.45, 2.75) is 0 Å². The van der Waals surface area contributed by atoms with E-state index >= 15 is 0 Å². The highest BCUT2D eigenvalue weighted by atomic mass is 32.1. The molecule has 0 fully saturated rings. The van der Waals surface area contributed by atoms with Crippen LogP contribution in [-0.2, 0) is 0 Å². The summed E-state index contributed by atoms with van der Waals surface area (Å²) in [6, 6.07) is 80.6. The topological polar surface area (TPSA) is 38.7 Å². The number of nitrogens with zero attached hydrogens (tertiary/aromatic N) is 3. The molecule has 0 amide bonds. The van der Waals surface area contributed by atoms with Crippen LogP contribution in [0.3, 0.4) is 0 Å². The van der Waals surface area contributed by atoms with Gasteiger partial charge >= 0.3 is 0 Å². The van der Waals surface area contributed by atoms with Crippen LogP contribution in [0.2, 0.25) is 0 Å². The Balaban J connectivity index is 1.04. The van der Waals surface area contributed by atoms with E-state index in [0.29, 0.717) is 17.5 Å². The molecule has 0 radical (unpaired) electrons. The zero-order chi connectivity index (χ0) is 42.8. The molecule has 65 heavy (non-hydrogen) atoms. The summed E-state index contributed by atoms with van der Waals surface area (Å²) in [6.45, 7) is 0. The first-order chi connectivity index (χ1) is 32.2. The van der Waals surface area contributed by atoms with Gasteiger partial charge in [-0.25, -0.2) is 15.0 Å². The molecule has 2 heterocycles. The van der Waals surface area contributed by atoms with E-state index < -0.39 is 0 Å². The van der Waals surface area contributed by atoms with Crippen LogP contribution in [0.15, 0.2) is 224 Å². The second-order valence-electron chi connectivity index (χ2n) is 16.7.